The molecule has 1 saturated heterocycles. The molecule has 18 heavy (non-hydrogen) atoms. The first kappa shape index (κ1) is 13.1. The second-order valence-electron chi connectivity index (χ2n) is 5.14. The minimum Gasteiger partial charge on any atom is -0.355 e. The maximum atomic E-state index is 11.9. The number of carbonyl (C=O) groups excluding carboxylic acids is 1. The zero-order valence-corrected chi connectivity index (χ0v) is 11.2. The Labute approximate surface area is 109 Å². The lowest BCUT2D eigenvalue weighted by Gasteiger charge is -2.21. The molecule has 3 nitrogen and oxygen atoms in total. The smallest absolute Gasteiger partial charge is 0.237 e. The minimum atomic E-state index is -0.0528. The van der Waals surface area contributed by atoms with E-state index in [1.165, 1.54) is 11.1 Å². The molecule has 1 aliphatic rings. The molecule has 2 unspecified atom stereocenters. The zero-order valence-electron chi connectivity index (χ0n) is 11.2. The summed E-state index contributed by atoms with van der Waals surface area (Å²) < 4.78 is 0. The molecule has 0 saturated carbocycles. The summed E-state index contributed by atoms with van der Waals surface area (Å²) in [5.74, 6) is 0.145. The van der Waals surface area contributed by atoms with Gasteiger partial charge in [-0.25, -0.2) is 0 Å². The molecule has 1 aromatic rings. The van der Waals surface area contributed by atoms with Gasteiger partial charge in [-0.05, 0) is 38.7 Å². The Kier molecular flexibility index (Phi) is 4.37. The molecule has 0 aromatic heterocycles. The highest BCUT2D eigenvalue weighted by Crippen LogP contribution is 2.16. The van der Waals surface area contributed by atoms with Crippen LogP contribution in [0.25, 0.3) is 0 Å². The Bertz CT molecular complexity index is 417. The molecular weight excluding hydrogens is 224 g/mol. The van der Waals surface area contributed by atoms with Gasteiger partial charge in [0.1, 0.15) is 0 Å². The zero-order chi connectivity index (χ0) is 13.0. The molecule has 1 aliphatic heterocycles. The van der Waals surface area contributed by atoms with Crippen LogP contribution >= 0.6 is 0 Å². The average molecular weight is 246 g/mol. The van der Waals surface area contributed by atoms with Crippen LogP contribution in [0.15, 0.2) is 24.3 Å². The number of aryl methyl sites for hydroxylation is 1. The van der Waals surface area contributed by atoms with Crippen LogP contribution in [-0.4, -0.2) is 18.5 Å². The number of benzene rings is 1. The molecule has 0 bridgehead atoms. The van der Waals surface area contributed by atoms with E-state index in [0.29, 0.717) is 0 Å². The van der Waals surface area contributed by atoms with Crippen molar-refractivity contribution in [3.63, 3.8) is 0 Å². The van der Waals surface area contributed by atoms with Crippen molar-refractivity contribution in [1.82, 2.24) is 10.6 Å². The van der Waals surface area contributed by atoms with Crippen molar-refractivity contribution >= 4 is 5.91 Å². The summed E-state index contributed by atoms with van der Waals surface area (Å²) in [6.45, 7) is 5.03. The normalized spacial score (nSPS) is 22.1. The van der Waals surface area contributed by atoms with Gasteiger partial charge in [-0.3, -0.25) is 10.1 Å². The summed E-state index contributed by atoms with van der Waals surface area (Å²) in [6.07, 6.45) is 3.13. The van der Waals surface area contributed by atoms with Crippen molar-refractivity contribution in [3.05, 3.63) is 35.4 Å². The van der Waals surface area contributed by atoms with Crippen molar-refractivity contribution in [1.29, 1.82) is 0 Å². The Hall–Kier alpha value is -1.35. The Balaban J connectivity index is 2.01. The molecule has 0 radical (unpaired) electrons. The second-order valence-corrected chi connectivity index (χ2v) is 5.14. The second kappa shape index (κ2) is 6.01. The first-order valence-electron chi connectivity index (χ1n) is 6.77. The maximum Gasteiger partial charge on any atom is 0.237 e. The van der Waals surface area contributed by atoms with Crippen LogP contribution in [0.1, 0.15) is 43.4 Å². The van der Waals surface area contributed by atoms with E-state index in [2.05, 4.69) is 48.7 Å². The topological polar surface area (TPSA) is 41.1 Å². The molecule has 1 amide bonds. The lowest BCUT2D eigenvalue weighted by Crippen LogP contribution is -2.43. The van der Waals surface area contributed by atoms with Crippen LogP contribution in [0.5, 0.6) is 0 Å². The van der Waals surface area contributed by atoms with Crippen molar-refractivity contribution in [3.8, 4) is 0 Å². The highest BCUT2D eigenvalue weighted by atomic mass is 16.2. The molecule has 2 N–H and O–H groups in total. The minimum absolute atomic E-state index is 0.0528. The molecular formula is C15H22N2O. The highest BCUT2D eigenvalue weighted by molar-refractivity contribution is 5.81. The fourth-order valence-corrected chi connectivity index (χ4v) is 2.44. The van der Waals surface area contributed by atoms with Crippen molar-refractivity contribution in [2.24, 2.45) is 0 Å². The van der Waals surface area contributed by atoms with E-state index in [1.54, 1.807) is 0 Å². The van der Waals surface area contributed by atoms with Gasteiger partial charge in [0.2, 0.25) is 5.91 Å². The molecule has 2 rings (SSSR count). The standard InChI is InChI=1S/C15H22N2O/c1-11-6-5-7-13(10-11)12(2)17-14-8-3-4-9-16-15(14)18/h5-7,10,12,14,17H,3-4,8-9H2,1-2H3,(H,16,18). The van der Waals surface area contributed by atoms with Crippen molar-refractivity contribution in [2.45, 2.75) is 45.2 Å². The van der Waals surface area contributed by atoms with E-state index < -0.39 is 0 Å². The van der Waals surface area contributed by atoms with E-state index in [4.69, 9.17) is 0 Å². The third-order valence-corrected chi connectivity index (χ3v) is 3.53. The summed E-state index contributed by atoms with van der Waals surface area (Å²) in [5, 5.41) is 6.40. The summed E-state index contributed by atoms with van der Waals surface area (Å²) in [5.41, 5.74) is 2.50. The van der Waals surface area contributed by atoms with E-state index in [1.807, 2.05) is 0 Å². The molecule has 1 aromatic carbocycles. The van der Waals surface area contributed by atoms with Crippen LogP contribution in [0.3, 0.4) is 0 Å². The van der Waals surface area contributed by atoms with Gasteiger partial charge in [0.05, 0.1) is 6.04 Å². The number of amides is 1. The molecule has 1 heterocycles. The van der Waals surface area contributed by atoms with Gasteiger partial charge in [-0.2, -0.15) is 0 Å². The van der Waals surface area contributed by atoms with Gasteiger partial charge in [-0.1, -0.05) is 29.8 Å². The molecule has 0 aliphatic carbocycles. The average Bonchev–Trinajstić information content (AvgIpc) is 2.55. The van der Waals surface area contributed by atoms with Gasteiger partial charge in [0.25, 0.3) is 0 Å². The maximum absolute atomic E-state index is 11.9. The number of hydrogen-bond acceptors (Lipinski definition) is 2. The molecule has 98 valence electrons. The lowest BCUT2D eigenvalue weighted by molar-refractivity contribution is -0.123. The summed E-state index contributed by atoms with van der Waals surface area (Å²) in [6, 6.07) is 8.60. The first-order chi connectivity index (χ1) is 8.66. The van der Waals surface area contributed by atoms with E-state index in [0.717, 1.165) is 25.8 Å². The van der Waals surface area contributed by atoms with Crippen LogP contribution in [0.2, 0.25) is 0 Å². The largest absolute Gasteiger partial charge is 0.355 e. The first-order valence-corrected chi connectivity index (χ1v) is 6.77. The molecule has 1 fully saturated rings. The Morgan fingerprint density at radius 3 is 3.00 bits per heavy atom. The van der Waals surface area contributed by atoms with Crippen LogP contribution in [-0.2, 0) is 4.79 Å². The number of hydrogen-bond donors (Lipinski definition) is 2. The fraction of sp³-hybridized carbons (Fsp3) is 0.533. The summed E-state index contributed by atoms with van der Waals surface area (Å²) in [4.78, 5) is 11.9. The predicted octanol–water partition coefficient (Wildman–Crippen LogP) is 2.31. The van der Waals surface area contributed by atoms with Crippen LogP contribution < -0.4 is 10.6 Å². The van der Waals surface area contributed by atoms with E-state index in [9.17, 15) is 4.79 Å². The van der Waals surface area contributed by atoms with Gasteiger partial charge in [0, 0.05) is 12.6 Å². The van der Waals surface area contributed by atoms with E-state index >= 15 is 0 Å². The third-order valence-electron chi connectivity index (χ3n) is 3.53. The van der Waals surface area contributed by atoms with E-state index in [-0.39, 0.29) is 18.0 Å². The van der Waals surface area contributed by atoms with Gasteiger partial charge >= 0.3 is 0 Å². The van der Waals surface area contributed by atoms with Crippen molar-refractivity contribution < 1.29 is 4.79 Å². The molecule has 3 heteroatoms. The van der Waals surface area contributed by atoms with Crippen LogP contribution in [0.4, 0.5) is 0 Å². The number of carbonyl (C=O) groups is 1. The van der Waals surface area contributed by atoms with Gasteiger partial charge in [-0.15, -0.1) is 0 Å². The SMILES string of the molecule is Cc1cccc(C(C)NC2CCCCNC2=O)c1. The monoisotopic (exact) mass is 246 g/mol. The Morgan fingerprint density at radius 2 is 2.22 bits per heavy atom. The van der Waals surface area contributed by atoms with Gasteiger partial charge < -0.3 is 5.32 Å². The summed E-state index contributed by atoms with van der Waals surface area (Å²) in [7, 11) is 0. The lowest BCUT2D eigenvalue weighted by atomic mass is 10.0. The van der Waals surface area contributed by atoms with Crippen LogP contribution in [0, 0.1) is 6.92 Å². The number of nitrogens with one attached hydrogen (secondary N) is 2. The molecule has 0 spiro atoms. The molecule has 2 atom stereocenters. The Morgan fingerprint density at radius 1 is 1.39 bits per heavy atom. The summed E-state index contributed by atoms with van der Waals surface area (Å²) >= 11 is 0. The quantitative estimate of drug-likeness (QED) is 0.859. The van der Waals surface area contributed by atoms with Crippen molar-refractivity contribution in [2.75, 3.05) is 6.54 Å². The van der Waals surface area contributed by atoms with Gasteiger partial charge in [0.15, 0.2) is 0 Å². The highest BCUT2D eigenvalue weighted by Gasteiger charge is 2.22. The fourth-order valence-electron chi connectivity index (χ4n) is 2.44. The third kappa shape index (κ3) is 3.33. The number of rotatable bonds is 3. The predicted molar refractivity (Wildman–Crippen MR) is 73.4 cm³/mol.